The van der Waals surface area contributed by atoms with Crippen molar-refractivity contribution in [2.75, 3.05) is 25.1 Å². The number of ether oxygens (including phenoxy) is 1. The van der Waals surface area contributed by atoms with Crippen LogP contribution < -0.4 is 5.32 Å². The van der Waals surface area contributed by atoms with E-state index < -0.39 is 0 Å². The standard InChI is InChI=1S/C12H15N3OS/c1-2-9(7-16-4-1)6-13-12-11-10(3-5-17-11)14-8-15-12/h3,5,8-9H,1-2,4,6-7H2,(H,13,14,15). The molecule has 0 bridgehead atoms. The molecule has 0 saturated carbocycles. The SMILES string of the molecule is c1nc(NCC2CCCOC2)c2sccc2n1. The number of hydrogen-bond acceptors (Lipinski definition) is 5. The van der Waals surface area contributed by atoms with Gasteiger partial charge in [-0.3, -0.25) is 0 Å². The monoisotopic (exact) mass is 249 g/mol. The van der Waals surface area contributed by atoms with E-state index in [1.54, 1.807) is 17.7 Å². The molecule has 5 heteroatoms. The van der Waals surface area contributed by atoms with Crippen molar-refractivity contribution >= 4 is 27.4 Å². The minimum Gasteiger partial charge on any atom is -0.381 e. The van der Waals surface area contributed by atoms with Gasteiger partial charge in [0.2, 0.25) is 0 Å². The molecule has 4 nitrogen and oxygen atoms in total. The molecule has 0 amide bonds. The van der Waals surface area contributed by atoms with Gasteiger partial charge in [0.15, 0.2) is 0 Å². The average Bonchev–Trinajstić information content (AvgIpc) is 2.86. The number of aromatic nitrogens is 2. The number of fused-ring (bicyclic) bond motifs is 1. The third kappa shape index (κ3) is 2.40. The molecule has 1 N–H and O–H groups in total. The fourth-order valence-corrected chi connectivity index (χ4v) is 2.94. The summed E-state index contributed by atoms with van der Waals surface area (Å²) >= 11 is 1.68. The predicted octanol–water partition coefficient (Wildman–Crippen LogP) is 2.53. The maximum Gasteiger partial charge on any atom is 0.147 e. The fraction of sp³-hybridized carbons (Fsp3) is 0.500. The van der Waals surface area contributed by atoms with Gasteiger partial charge in [-0.2, -0.15) is 0 Å². The topological polar surface area (TPSA) is 47.0 Å². The first-order chi connectivity index (χ1) is 8.43. The first-order valence-corrected chi connectivity index (χ1v) is 6.81. The zero-order valence-electron chi connectivity index (χ0n) is 9.56. The maximum atomic E-state index is 5.47. The van der Waals surface area contributed by atoms with Crippen molar-refractivity contribution in [2.45, 2.75) is 12.8 Å². The van der Waals surface area contributed by atoms with Crippen LogP contribution in [0.3, 0.4) is 0 Å². The second kappa shape index (κ2) is 4.98. The van der Waals surface area contributed by atoms with Gasteiger partial charge in [0.05, 0.1) is 16.8 Å². The van der Waals surface area contributed by atoms with Crippen molar-refractivity contribution in [3.63, 3.8) is 0 Å². The van der Waals surface area contributed by atoms with E-state index in [1.807, 2.05) is 11.4 Å². The molecule has 0 spiro atoms. The minimum atomic E-state index is 0.605. The van der Waals surface area contributed by atoms with Crippen LogP contribution in [0.1, 0.15) is 12.8 Å². The van der Waals surface area contributed by atoms with Crippen LogP contribution in [0.15, 0.2) is 17.8 Å². The van der Waals surface area contributed by atoms with E-state index in [0.717, 1.165) is 35.8 Å². The Morgan fingerprint density at radius 2 is 2.47 bits per heavy atom. The molecule has 1 unspecified atom stereocenters. The largest absolute Gasteiger partial charge is 0.381 e. The summed E-state index contributed by atoms with van der Waals surface area (Å²) in [6.45, 7) is 2.72. The van der Waals surface area contributed by atoms with Crippen molar-refractivity contribution in [1.82, 2.24) is 9.97 Å². The molecule has 2 aromatic heterocycles. The summed E-state index contributed by atoms with van der Waals surface area (Å²) in [7, 11) is 0. The molecule has 0 radical (unpaired) electrons. The van der Waals surface area contributed by atoms with Crippen LogP contribution in [-0.4, -0.2) is 29.7 Å². The Bertz CT molecular complexity index is 493. The third-order valence-corrected chi connectivity index (χ3v) is 3.97. The number of nitrogens with one attached hydrogen (secondary N) is 1. The van der Waals surface area contributed by atoms with Gasteiger partial charge in [0, 0.05) is 13.2 Å². The molecular formula is C12H15N3OS. The Morgan fingerprint density at radius 1 is 1.47 bits per heavy atom. The van der Waals surface area contributed by atoms with Gasteiger partial charge in [-0.15, -0.1) is 11.3 Å². The van der Waals surface area contributed by atoms with E-state index in [4.69, 9.17) is 4.74 Å². The summed E-state index contributed by atoms with van der Waals surface area (Å²) in [6, 6.07) is 2.02. The minimum absolute atomic E-state index is 0.605. The lowest BCUT2D eigenvalue weighted by atomic mass is 10.0. The van der Waals surface area contributed by atoms with Crippen LogP contribution in [0.4, 0.5) is 5.82 Å². The van der Waals surface area contributed by atoms with Gasteiger partial charge >= 0.3 is 0 Å². The van der Waals surface area contributed by atoms with E-state index >= 15 is 0 Å². The third-order valence-electron chi connectivity index (χ3n) is 3.06. The molecule has 1 saturated heterocycles. The summed E-state index contributed by atoms with van der Waals surface area (Å²) in [5.74, 6) is 1.56. The second-order valence-corrected chi connectivity index (χ2v) is 5.24. The molecule has 0 aliphatic carbocycles. The number of rotatable bonds is 3. The highest BCUT2D eigenvalue weighted by molar-refractivity contribution is 7.17. The van der Waals surface area contributed by atoms with Crippen molar-refractivity contribution in [1.29, 1.82) is 0 Å². The Balaban J connectivity index is 1.69. The highest BCUT2D eigenvalue weighted by Gasteiger charge is 2.14. The van der Waals surface area contributed by atoms with Gasteiger partial charge in [-0.1, -0.05) is 0 Å². The highest BCUT2D eigenvalue weighted by atomic mass is 32.1. The van der Waals surface area contributed by atoms with Crippen LogP contribution in [0, 0.1) is 5.92 Å². The second-order valence-electron chi connectivity index (χ2n) is 4.32. The lowest BCUT2D eigenvalue weighted by Gasteiger charge is -2.22. The van der Waals surface area contributed by atoms with Crippen LogP contribution in [0.5, 0.6) is 0 Å². The summed E-state index contributed by atoms with van der Waals surface area (Å²) in [5, 5.41) is 5.47. The van der Waals surface area contributed by atoms with Crippen molar-refractivity contribution in [3.8, 4) is 0 Å². The van der Waals surface area contributed by atoms with Gasteiger partial charge in [-0.25, -0.2) is 9.97 Å². The zero-order valence-corrected chi connectivity index (χ0v) is 10.4. The molecular weight excluding hydrogens is 234 g/mol. The lowest BCUT2D eigenvalue weighted by molar-refractivity contribution is 0.0595. The molecule has 1 aliphatic heterocycles. The number of nitrogens with zero attached hydrogens (tertiary/aromatic N) is 2. The number of anilines is 1. The zero-order chi connectivity index (χ0) is 11.5. The first kappa shape index (κ1) is 10.9. The van der Waals surface area contributed by atoms with Crippen LogP contribution in [-0.2, 0) is 4.74 Å². The van der Waals surface area contributed by atoms with Gasteiger partial charge < -0.3 is 10.1 Å². The van der Waals surface area contributed by atoms with Crippen LogP contribution in [0.2, 0.25) is 0 Å². The van der Waals surface area contributed by atoms with E-state index in [2.05, 4.69) is 15.3 Å². The Morgan fingerprint density at radius 3 is 3.35 bits per heavy atom. The van der Waals surface area contributed by atoms with Crippen LogP contribution >= 0.6 is 11.3 Å². The molecule has 1 atom stereocenters. The average molecular weight is 249 g/mol. The number of thiophene rings is 1. The fourth-order valence-electron chi connectivity index (χ4n) is 2.12. The normalized spacial score (nSPS) is 20.6. The van der Waals surface area contributed by atoms with E-state index in [-0.39, 0.29) is 0 Å². The van der Waals surface area contributed by atoms with Gasteiger partial charge in [0.25, 0.3) is 0 Å². The molecule has 0 aromatic carbocycles. The van der Waals surface area contributed by atoms with E-state index in [0.29, 0.717) is 5.92 Å². The summed E-state index contributed by atoms with van der Waals surface area (Å²) in [6.07, 6.45) is 4.03. The van der Waals surface area contributed by atoms with E-state index in [1.165, 1.54) is 12.8 Å². The number of hydrogen-bond donors (Lipinski definition) is 1. The molecule has 17 heavy (non-hydrogen) atoms. The molecule has 3 rings (SSSR count). The molecule has 1 fully saturated rings. The summed E-state index contributed by atoms with van der Waals surface area (Å²) in [5.41, 5.74) is 1.02. The van der Waals surface area contributed by atoms with Gasteiger partial charge in [-0.05, 0) is 30.2 Å². The van der Waals surface area contributed by atoms with E-state index in [9.17, 15) is 0 Å². The van der Waals surface area contributed by atoms with Crippen molar-refractivity contribution in [3.05, 3.63) is 17.8 Å². The molecule has 1 aliphatic rings. The smallest absolute Gasteiger partial charge is 0.147 e. The summed E-state index contributed by atoms with van der Waals surface area (Å²) in [4.78, 5) is 8.54. The van der Waals surface area contributed by atoms with Crippen molar-refractivity contribution < 1.29 is 4.74 Å². The quantitative estimate of drug-likeness (QED) is 0.908. The Kier molecular flexibility index (Phi) is 3.20. The molecule has 3 heterocycles. The molecule has 90 valence electrons. The molecule has 2 aromatic rings. The lowest BCUT2D eigenvalue weighted by Crippen LogP contribution is -2.24. The van der Waals surface area contributed by atoms with Crippen molar-refractivity contribution in [2.24, 2.45) is 5.92 Å². The van der Waals surface area contributed by atoms with Crippen LogP contribution in [0.25, 0.3) is 10.2 Å². The maximum absolute atomic E-state index is 5.47. The first-order valence-electron chi connectivity index (χ1n) is 5.93. The van der Waals surface area contributed by atoms with Gasteiger partial charge in [0.1, 0.15) is 12.1 Å². The summed E-state index contributed by atoms with van der Waals surface area (Å²) < 4.78 is 6.62. The Labute approximate surface area is 104 Å². The Hall–Kier alpha value is -1.20. The predicted molar refractivity (Wildman–Crippen MR) is 69.4 cm³/mol. The highest BCUT2D eigenvalue weighted by Crippen LogP contribution is 2.25.